The maximum absolute atomic E-state index is 11.1. The summed E-state index contributed by atoms with van der Waals surface area (Å²) in [6, 6.07) is 3.58. The van der Waals surface area contributed by atoms with Gasteiger partial charge in [-0.3, -0.25) is 14.5 Å². The van der Waals surface area contributed by atoms with E-state index in [1.165, 1.54) is 0 Å². The Morgan fingerprint density at radius 3 is 3.00 bits per heavy atom. The van der Waals surface area contributed by atoms with E-state index in [1.807, 2.05) is 24.1 Å². The average molecular weight is 359 g/mol. The average Bonchev–Trinajstić information content (AvgIpc) is 3.28. The standard InChI is InChI=1S/C17H25N7O2/c1-19-17(20-9-14-5-6-15(26-14)16(18)25)22-12-4-3-7-24(10-12)13-8-21-23(2)11-13/h5-6,8,11-12H,3-4,7,9-10H2,1-2H3,(H2,18,25)(H2,19,20,22). The van der Waals surface area contributed by atoms with Gasteiger partial charge in [-0.1, -0.05) is 0 Å². The molecule has 1 atom stereocenters. The lowest BCUT2D eigenvalue weighted by atomic mass is 10.1. The number of aromatic nitrogens is 2. The summed E-state index contributed by atoms with van der Waals surface area (Å²) in [5.41, 5.74) is 6.33. The van der Waals surface area contributed by atoms with Crippen molar-refractivity contribution in [1.29, 1.82) is 0 Å². The molecule has 1 saturated heterocycles. The molecule has 0 bridgehead atoms. The van der Waals surface area contributed by atoms with Crippen LogP contribution >= 0.6 is 0 Å². The van der Waals surface area contributed by atoms with Gasteiger partial charge >= 0.3 is 0 Å². The molecule has 9 nitrogen and oxygen atoms in total. The molecule has 26 heavy (non-hydrogen) atoms. The molecule has 0 radical (unpaired) electrons. The number of aliphatic imine (C=N–C) groups is 1. The number of nitrogens with zero attached hydrogens (tertiary/aromatic N) is 4. The zero-order valence-electron chi connectivity index (χ0n) is 15.1. The van der Waals surface area contributed by atoms with E-state index in [2.05, 4.69) is 25.6 Å². The topological polar surface area (TPSA) is 114 Å². The molecule has 0 aliphatic carbocycles. The van der Waals surface area contributed by atoms with Gasteiger partial charge in [-0.25, -0.2) is 0 Å². The number of hydrogen-bond donors (Lipinski definition) is 3. The van der Waals surface area contributed by atoms with Crippen LogP contribution in [0.4, 0.5) is 5.69 Å². The number of primary amides is 1. The van der Waals surface area contributed by atoms with Crippen LogP contribution in [0.25, 0.3) is 0 Å². The van der Waals surface area contributed by atoms with E-state index < -0.39 is 5.91 Å². The van der Waals surface area contributed by atoms with Crippen LogP contribution in [-0.2, 0) is 13.6 Å². The molecule has 0 spiro atoms. The van der Waals surface area contributed by atoms with Crippen molar-refractivity contribution in [3.8, 4) is 0 Å². The van der Waals surface area contributed by atoms with Crippen LogP contribution in [0.1, 0.15) is 29.2 Å². The number of guanidine groups is 1. The van der Waals surface area contributed by atoms with E-state index >= 15 is 0 Å². The number of nitrogens with two attached hydrogens (primary N) is 1. The highest BCUT2D eigenvalue weighted by Gasteiger charge is 2.21. The van der Waals surface area contributed by atoms with Crippen molar-refractivity contribution < 1.29 is 9.21 Å². The van der Waals surface area contributed by atoms with Crippen molar-refractivity contribution >= 4 is 17.6 Å². The molecule has 2 aromatic heterocycles. The Hall–Kier alpha value is -2.97. The molecule has 0 aromatic carbocycles. The summed E-state index contributed by atoms with van der Waals surface area (Å²) in [5, 5.41) is 10.9. The van der Waals surface area contributed by atoms with Crippen LogP contribution < -0.4 is 21.3 Å². The van der Waals surface area contributed by atoms with Gasteiger partial charge in [-0.05, 0) is 25.0 Å². The molecule has 1 aliphatic rings. The summed E-state index contributed by atoms with van der Waals surface area (Å²) < 4.78 is 7.19. The van der Waals surface area contributed by atoms with Crippen molar-refractivity contribution in [2.24, 2.45) is 17.8 Å². The van der Waals surface area contributed by atoms with Gasteiger partial charge in [0.25, 0.3) is 5.91 Å². The molecule has 1 unspecified atom stereocenters. The number of furan rings is 1. The van der Waals surface area contributed by atoms with Crippen molar-refractivity contribution in [2.75, 3.05) is 25.0 Å². The molecular weight excluding hydrogens is 334 g/mol. The first-order chi connectivity index (χ1) is 12.5. The lowest BCUT2D eigenvalue weighted by Gasteiger charge is -2.34. The SMILES string of the molecule is CN=C(NCc1ccc(C(N)=O)o1)NC1CCCN(c2cnn(C)c2)C1. The first-order valence-electron chi connectivity index (χ1n) is 8.64. The molecule has 2 aromatic rings. The summed E-state index contributed by atoms with van der Waals surface area (Å²) in [6.45, 7) is 2.34. The molecule has 1 amide bonds. The Balaban J connectivity index is 1.53. The van der Waals surface area contributed by atoms with Crippen LogP contribution in [0.15, 0.2) is 33.9 Å². The first-order valence-corrected chi connectivity index (χ1v) is 8.64. The first kappa shape index (κ1) is 17.8. The number of nitrogens with one attached hydrogen (secondary N) is 2. The smallest absolute Gasteiger partial charge is 0.284 e. The second kappa shape index (κ2) is 7.94. The molecule has 4 N–H and O–H groups in total. The van der Waals surface area contributed by atoms with Crippen LogP contribution in [0, 0.1) is 0 Å². The molecule has 140 valence electrons. The van der Waals surface area contributed by atoms with E-state index in [0.29, 0.717) is 18.3 Å². The van der Waals surface area contributed by atoms with Gasteiger partial charge in [0.1, 0.15) is 5.76 Å². The van der Waals surface area contributed by atoms with E-state index in [0.717, 1.165) is 31.6 Å². The second-order valence-electron chi connectivity index (χ2n) is 6.36. The van der Waals surface area contributed by atoms with E-state index in [9.17, 15) is 4.79 Å². The van der Waals surface area contributed by atoms with Crippen molar-refractivity contribution in [2.45, 2.75) is 25.4 Å². The molecule has 1 fully saturated rings. The number of carbonyl (C=O) groups excluding carboxylic acids is 1. The Morgan fingerprint density at radius 1 is 1.50 bits per heavy atom. The molecule has 0 saturated carbocycles. The normalized spacial score (nSPS) is 18.0. The Labute approximate surface area is 152 Å². The van der Waals surface area contributed by atoms with Gasteiger partial charge in [0.15, 0.2) is 11.7 Å². The Bertz CT molecular complexity index is 780. The molecule has 1 aliphatic heterocycles. The van der Waals surface area contributed by atoms with Gasteiger partial charge in [-0.15, -0.1) is 0 Å². The summed E-state index contributed by atoms with van der Waals surface area (Å²) in [6.07, 6.45) is 6.10. The molecular formula is C17H25N7O2. The number of piperidine rings is 1. The van der Waals surface area contributed by atoms with Crippen molar-refractivity contribution in [1.82, 2.24) is 20.4 Å². The van der Waals surface area contributed by atoms with E-state index in [1.54, 1.807) is 19.2 Å². The fourth-order valence-corrected chi connectivity index (χ4v) is 3.07. The van der Waals surface area contributed by atoms with E-state index in [-0.39, 0.29) is 11.8 Å². The van der Waals surface area contributed by atoms with Crippen LogP contribution in [0.3, 0.4) is 0 Å². The number of hydrogen-bond acceptors (Lipinski definition) is 5. The Morgan fingerprint density at radius 2 is 2.35 bits per heavy atom. The summed E-state index contributed by atoms with van der Waals surface area (Å²) >= 11 is 0. The molecule has 3 rings (SSSR count). The maximum atomic E-state index is 11.1. The lowest BCUT2D eigenvalue weighted by molar-refractivity contribution is 0.0972. The Kier molecular flexibility index (Phi) is 5.45. The lowest BCUT2D eigenvalue weighted by Crippen LogP contribution is -2.51. The minimum atomic E-state index is -0.573. The fourth-order valence-electron chi connectivity index (χ4n) is 3.07. The number of anilines is 1. The minimum Gasteiger partial charge on any atom is -0.454 e. The fraction of sp³-hybridized carbons (Fsp3) is 0.471. The van der Waals surface area contributed by atoms with E-state index in [4.69, 9.17) is 10.2 Å². The number of amides is 1. The van der Waals surface area contributed by atoms with Gasteiger partial charge in [0.05, 0.1) is 18.4 Å². The van der Waals surface area contributed by atoms with Crippen molar-refractivity contribution in [3.63, 3.8) is 0 Å². The van der Waals surface area contributed by atoms with Gasteiger partial charge in [-0.2, -0.15) is 5.10 Å². The third-order valence-corrected chi connectivity index (χ3v) is 4.38. The highest BCUT2D eigenvalue weighted by Crippen LogP contribution is 2.19. The highest BCUT2D eigenvalue weighted by atomic mass is 16.3. The van der Waals surface area contributed by atoms with Gasteiger partial charge in [0, 0.05) is 39.4 Å². The minimum absolute atomic E-state index is 0.157. The molecule has 9 heteroatoms. The summed E-state index contributed by atoms with van der Waals surface area (Å²) in [4.78, 5) is 17.7. The number of rotatable bonds is 5. The van der Waals surface area contributed by atoms with Crippen LogP contribution in [-0.4, -0.2) is 47.8 Å². The summed E-state index contributed by atoms with van der Waals surface area (Å²) in [5.74, 6) is 0.906. The van der Waals surface area contributed by atoms with Crippen LogP contribution in [0.5, 0.6) is 0 Å². The number of aryl methyl sites for hydroxylation is 1. The monoisotopic (exact) mass is 359 g/mol. The largest absolute Gasteiger partial charge is 0.454 e. The highest BCUT2D eigenvalue weighted by molar-refractivity contribution is 5.89. The predicted molar refractivity (Wildman–Crippen MR) is 99.0 cm³/mol. The molecule has 3 heterocycles. The predicted octanol–water partition coefficient (Wildman–Crippen LogP) is 0.446. The number of carbonyl (C=O) groups is 1. The summed E-state index contributed by atoms with van der Waals surface area (Å²) in [7, 11) is 3.65. The third kappa shape index (κ3) is 4.35. The van der Waals surface area contributed by atoms with Crippen LogP contribution in [0.2, 0.25) is 0 Å². The van der Waals surface area contributed by atoms with Crippen molar-refractivity contribution in [3.05, 3.63) is 36.0 Å². The second-order valence-corrected chi connectivity index (χ2v) is 6.36. The quantitative estimate of drug-likeness (QED) is 0.527. The zero-order chi connectivity index (χ0) is 18.5. The zero-order valence-corrected chi connectivity index (χ0v) is 15.1. The van der Waals surface area contributed by atoms with Gasteiger partial charge < -0.3 is 25.7 Å². The third-order valence-electron chi connectivity index (χ3n) is 4.38. The van der Waals surface area contributed by atoms with Gasteiger partial charge in [0.2, 0.25) is 0 Å². The maximum Gasteiger partial charge on any atom is 0.284 e.